The number of hydrogen-bond acceptors (Lipinski definition) is 3. The molecule has 0 saturated heterocycles. The van der Waals surface area contributed by atoms with Gasteiger partial charge in [0, 0.05) is 18.9 Å². The van der Waals surface area contributed by atoms with Gasteiger partial charge in [-0.1, -0.05) is 11.6 Å². The molecule has 0 radical (unpaired) electrons. The van der Waals surface area contributed by atoms with E-state index in [4.69, 9.17) is 21.1 Å². The molecule has 3 nitrogen and oxygen atoms in total. The van der Waals surface area contributed by atoms with Gasteiger partial charge < -0.3 is 14.4 Å². The van der Waals surface area contributed by atoms with E-state index in [0.717, 1.165) is 35.5 Å². The minimum atomic E-state index is -0.582. The first-order valence-electron chi connectivity index (χ1n) is 8.16. The fraction of sp³-hybridized carbons (Fsp3) is 0.667. The van der Waals surface area contributed by atoms with Gasteiger partial charge in [-0.05, 0) is 70.8 Å². The second-order valence-electron chi connectivity index (χ2n) is 7.15. The van der Waals surface area contributed by atoms with Crippen LogP contribution in [0, 0.1) is 19.8 Å². The van der Waals surface area contributed by atoms with Crippen molar-refractivity contribution in [2.75, 3.05) is 14.1 Å². The molecule has 22 heavy (non-hydrogen) atoms. The summed E-state index contributed by atoms with van der Waals surface area (Å²) in [5, 5.41) is 0.656. The molecule has 1 aliphatic carbocycles. The number of hydrogen-bond donors (Lipinski definition) is 0. The normalized spacial score (nSPS) is 30.9. The SMILES string of the molecule is Cc1cc(Cl)c2c(c1C)O[C@@](C)(C1CCC(N(C)C)CC1)O2. The Balaban J connectivity index is 1.80. The Morgan fingerprint density at radius 3 is 2.27 bits per heavy atom. The third-order valence-corrected chi connectivity index (χ3v) is 5.76. The molecule has 0 bridgehead atoms. The largest absolute Gasteiger partial charge is 0.448 e. The van der Waals surface area contributed by atoms with Gasteiger partial charge >= 0.3 is 0 Å². The first-order valence-corrected chi connectivity index (χ1v) is 8.54. The predicted molar refractivity (Wildman–Crippen MR) is 90.0 cm³/mol. The zero-order valence-corrected chi connectivity index (χ0v) is 15.0. The Labute approximate surface area is 138 Å². The average Bonchev–Trinajstić information content (AvgIpc) is 2.85. The topological polar surface area (TPSA) is 21.7 Å². The van der Waals surface area contributed by atoms with E-state index in [1.165, 1.54) is 12.8 Å². The van der Waals surface area contributed by atoms with E-state index in [1.807, 2.05) is 6.07 Å². The van der Waals surface area contributed by atoms with Gasteiger partial charge in [0.2, 0.25) is 0 Å². The quantitative estimate of drug-likeness (QED) is 0.796. The van der Waals surface area contributed by atoms with Gasteiger partial charge in [0.15, 0.2) is 11.5 Å². The van der Waals surface area contributed by atoms with Crippen LogP contribution in [0.1, 0.15) is 43.7 Å². The number of benzene rings is 1. The van der Waals surface area contributed by atoms with E-state index in [1.54, 1.807) is 0 Å². The highest BCUT2D eigenvalue weighted by molar-refractivity contribution is 6.32. The Bertz CT molecular complexity index is 579. The van der Waals surface area contributed by atoms with Crippen LogP contribution in [0.15, 0.2) is 6.07 Å². The Morgan fingerprint density at radius 1 is 1.09 bits per heavy atom. The molecule has 0 unspecified atom stereocenters. The minimum Gasteiger partial charge on any atom is -0.448 e. The molecule has 1 atom stereocenters. The summed E-state index contributed by atoms with van der Waals surface area (Å²) in [6.45, 7) is 6.20. The van der Waals surface area contributed by atoms with Crippen LogP contribution in [0.25, 0.3) is 0 Å². The summed E-state index contributed by atoms with van der Waals surface area (Å²) in [6.07, 6.45) is 4.65. The summed E-state index contributed by atoms with van der Waals surface area (Å²) in [7, 11) is 4.33. The molecule has 4 heteroatoms. The van der Waals surface area contributed by atoms with Crippen LogP contribution < -0.4 is 9.47 Å². The highest BCUT2D eigenvalue weighted by atomic mass is 35.5. The maximum Gasteiger partial charge on any atom is 0.251 e. The molecule has 3 rings (SSSR count). The van der Waals surface area contributed by atoms with Crippen LogP contribution in [0.4, 0.5) is 0 Å². The molecule has 0 aromatic heterocycles. The lowest BCUT2D eigenvalue weighted by atomic mass is 9.81. The van der Waals surface area contributed by atoms with E-state index in [2.05, 4.69) is 39.8 Å². The molecule has 1 heterocycles. The molecule has 2 aliphatic rings. The van der Waals surface area contributed by atoms with E-state index in [9.17, 15) is 0 Å². The number of nitrogens with zero attached hydrogens (tertiary/aromatic N) is 1. The molecule has 122 valence electrons. The van der Waals surface area contributed by atoms with Crippen LogP contribution in [0.3, 0.4) is 0 Å². The molecule has 0 amide bonds. The van der Waals surface area contributed by atoms with Crippen molar-refractivity contribution in [2.24, 2.45) is 5.92 Å². The van der Waals surface area contributed by atoms with Crippen LogP contribution in [0.5, 0.6) is 11.5 Å². The molecule has 1 fully saturated rings. The van der Waals surface area contributed by atoms with Gasteiger partial charge in [0.1, 0.15) is 0 Å². The molecule has 1 aromatic carbocycles. The highest BCUT2D eigenvalue weighted by Crippen LogP contribution is 2.51. The Kier molecular flexibility index (Phi) is 4.07. The van der Waals surface area contributed by atoms with E-state index in [0.29, 0.717) is 17.0 Å². The lowest BCUT2D eigenvalue weighted by Crippen LogP contribution is -2.46. The minimum absolute atomic E-state index is 0.409. The van der Waals surface area contributed by atoms with Gasteiger partial charge in [-0.25, -0.2) is 0 Å². The Hall–Kier alpha value is -0.930. The van der Waals surface area contributed by atoms with Crippen molar-refractivity contribution >= 4 is 11.6 Å². The maximum absolute atomic E-state index is 6.37. The van der Waals surface area contributed by atoms with Crippen molar-refractivity contribution < 1.29 is 9.47 Å². The van der Waals surface area contributed by atoms with Gasteiger partial charge in [-0.15, -0.1) is 0 Å². The van der Waals surface area contributed by atoms with Crippen molar-refractivity contribution in [2.45, 2.75) is 58.3 Å². The molecule has 0 spiro atoms. The molecule has 0 N–H and O–H groups in total. The smallest absolute Gasteiger partial charge is 0.251 e. The van der Waals surface area contributed by atoms with Gasteiger partial charge in [0.05, 0.1) is 5.02 Å². The second kappa shape index (κ2) is 5.61. The van der Waals surface area contributed by atoms with Crippen molar-refractivity contribution in [3.8, 4) is 11.5 Å². The molecular weight excluding hydrogens is 298 g/mol. The van der Waals surface area contributed by atoms with Crippen LogP contribution in [-0.4, -0.2) is 30.8 Å². The summed E-state index contributed by atoms with van der Waals surface area (Å²) in [6, 6.07) is 2.64. The summed E-state index contributed by atoms with van der Waals surface area (Å²) in [5.41, 5.74) is 2.28. The maximum atomic E-state index is 6.37. The Morgan fingerprint density at radius 2 is 1.68 bits per heavy atom. The zero-order valence-electron chi connectivity index (χ0n) is 14.2. The second-order valence-corrected chi connectivity index (χ2v) is 7.55. The average molecular weight is 324 g/mol. The van der Waals surface area contributed by atoms with Gasteiger partial charge in [-0.2, -0.15) is 0 Å². The third kappa shape index (κ3) is 2.59. The van der Waals surface area contributed by atoms with Gasteiger partial charge in [0.25, 0.3) is 5.79 Å². The van der Waals surface area contributed by atoms with E-state index >= 15 is 0 Å². The standard InChI is InChI=1S/C18H26ClNO2/c1-11-10-15(19)17-16(12(11)2)21-18(3,22-17)13-6-8-14(9-7-13)20(4)5/h10,13-14H,6-9H2,1-5H3/t13?,14?,18-/m1/s1. The summed E-state index contributed by atoms with van der Waals surface area (Å²) in [4.78, 5) is 2.33. The third-order valence-electron chi connectivity index (χ3n) is 5.48. The molecular formula is C18H26ClNO2. The number of ether oxygens (including phenoxy) is 2. The summed E-state index contributed by atoms with van der Waals surface area (Å²) < 4.78 is 12.5. The van der Waals surface area contributed by atoms with E-state index < -0.39 is 5.79 Å². The summed E-state index contributed by atoms with van der Waals surface area (Å²) in [5.74, 6) is 1.39. The van der Waals surface area contributed by atoms with Crippen LogP contribution in [-0.2, 0) is 0 Å². The van der Waals surface area contributed by atoms with Crippen molar-refractivity contribution in [1.82, 2.24) is 4.90 Å². The predicted octanol–water partition coefficient (Wildman–Crippen LogP) is 4.56. The van der Waals surface area contributed by atoms with Crippen LogP contribution in [0.2, 0.25) is 5.02 Å². The van der Waals surface area contributed by atoms with Gasteiger partial charge in [-0.3, -0.25) is 0 Å². The first-order chi connectivity index (χ1) is 10.3. The first kappa shape index (κ1) is 15.9. The zero-order chi connectivity index (χ0) is 16.1. The number of aryl methyl sites for hydroxylation is 1. The molecule has 1 aromatic rings. The van der Waals surface area contributed by atoms with E-state index in [-0.39, 0.29) is 0 Å². The number of rotatable bonds is 2. The highest BCUT2D eigenvalue weighted by Gasteiger charge is 2.47. The van der Waals surface area contributed by atoms with Crippen molar-refractivity contribution in [3.05, 3.63) is 22.2 Å². The lowest BCUT2D eigenvalue weighted by Gasteiger charge is -2.39. The summed E-state index contributed by atoms with van der Waals surface area (Å²) >= 11 is 6.37. The monoisotopic (exact) mass is 323 g/mol. The molecule has 1 saturated carbocycles. The fourth-order valence-corrected chi connectivity index (χ4v) is 4.04. The fourth-order valence-electron chi connectivity index (χ4n) is 3.75. The lowest BCUT2D eigenvalue weighted by molar-refractivity contribution is -0.123. The van der Waals surface area contributed by atoms with Crippen molar-refractivity contribution in [3.63, 3.8) is 0 Å². The molecule has 1 aliphatic heterocycles. The van der Waals surface area contributed by atoms with Crippen LogP contribution >= 0.6 is 11.6 Å². The number of halogens is 1. The van der Waals surface area contributed by atoms with Crippen molar-refractivity contribution in [1.29, 1.82) is 0 Å². The number of fused-ring (bicyclic) bond motifs is 1.